The van der Waals surface area contributed by atoms with E-state index >= 15 is 0 Å². The minimum Gasteiger partial charge on any atom is -1.00 e. The zero-order chi connectivity index (χ0) is 10.9. The molecule has 16 heavy (non-hydrogen) atoms. The zero-order valence-corrected chi connectivity index (χ0v) is 12.0. The smallest absolute Gasteiger partial charge is 1.00 e. The fraction of sp³-hybridized carbons (Fsp3) is 0.0909. The Morgan fingerprint density at radius 1 is 1.06 bits per heavy atom. The molecule has 0 aliphatic heterocycles. The molecule has 2 rings (SSSR count). The Bertz CT molecular complexity index is 593. The minimum atomic E-state index is -3.62. The Labute approximate surface area is 118 Å². The van der Waals surface area contributed by atoms with Crippen LogP contribution in [0.15, 0.2) is 47.4 Å². The van der Waals surface area contributed by atoms with E-state index < -0.39 is 10.1 Å². The van der Waals surface area contributed by atoms with Gasteiger partial charge in [0.1, 0.15) is 4.90 Å². The third kappa shape index (κ3) is 2.47. The first-order valence-corrected chi connectivity index (χ1v) is 5.84. The van der Waals surface area contributed by atoms with Gasteiger partial charge in [-0.25, -0.2) is 0 Å². The van der Waals surface area contributed by atoms with Crippen LogP contribution in [0.3, 0.4) is 0 Å². The summed E-state index contributed by atoms with van der Waals surface area (Å²) in [6.07, 6.45) is 0. The van der Waals surface area contributed by atoms with Gasteiger partial charge < -0.3 is 1.43 Å². The van der Waals surface area contributed by atoms with Crippen molar-refractivity contribution in [1.29, 1.82) is 0 Å². The van der Waals surface area contributed by atoms with Crippen LogP contribution in [-0.4, -0.2) is 15.5 Å². The minimum absolute atomic E-state index is 0. The van der Waals surface area contributed by atoms with Crippen molar-refractivity contribution in [3.05, 3.63) is 42.5 Å². The first kappa shape index (κ1) is 13.7. The largest absolute Gasteiger partial charge is 1.00 e. The van der Waals surface area contributed by atoms with E-state index in [4.69, 9.17) is 0 Å². The van der Waals surface area contributed by atoms with Crippen molar-refractivity contribution in [2.24, 2.45) is 0 Å². The van der Waals surface area contributed by atoms with Crippen LogP contribution >= 0.6 is 0 Å². The van der Waals surface area contributed by atoms with Crippen molar-refractivity contribution in [2.45, 2.75) is 4.90 Å². The maximum atomic E-state index is 11.6. The molecule has 0 fully saturated rings. The van der Waals surface area contributed by atoms with E-state index in [9.17, 15) is 8.42 Å². The first-order valence-electron chi connectivity index (χ1n) is 4.43. The van der Waals surface area contributed by atoms with Crippen LogP contribution in [0.2, 0.25) is 0 Å². The van der Waals surface area contributed by atoms with Gasteiger partial charge in [0.15, 0.2) is 0 Å². The van der Waals surface area contributed by atoms with E-state index in [0.717, 1.165) is 12.5 Å². The van der Waals surface area contributed by atoms with Gasteiger partial charge in [0.2, 0.25) is 0 Å². The number of hydrogen-bond donors (Lipinski definition) is 0. The van der Waals surface area contributed by atoms with Gasteiger partial charge >= 0.3 is 29.6 Å². The molecule has 0 aliphatic rings. The van der Waals surface area contributed by atoms with Crippen molar-refractivity contribution in [3.63, 3.8) is 0 Å². The Morgan fingerprint density at radius 2 is 1.69 bits per heavy atom. The molecule has 5 heteroatoms. The molecule has 0 spiro atoms. The van der Waals surface area contributed by atoms with Crippen molar-refractivity contribution >= 4 is 20.9 Å². The predicted molar refractivity (Wildman–Crippen MR) is 59.3 cm³/mol. The number of hydrogen-bond acceptors (Lipinski definition) is 3. The average molecular weight is 246 g/mol. The third-order valence-corrected chi connectivity index (χ3v) is 3.57. The van der Waals surface area contributed by atoms with Crippen molar-refractivity contribution in [1.82, 2.24) is 0 Å². The Morgan fingerprint density at radius 3 is 2.38 bits per heavy atom. The van der Waals surface area contributed by atoms with Gasteiger partial charge in [-0.1, -0.05) is 36.4 Å². The van der Waals surface area contributed by atoms with Crippen LogP contribution in [0.5, 0.6) is 0 Å². The Balaban J connectivity index is 0.00000128. The zero-order valence-electron chi connectivity index (χ0n) is 10.2. The van der Waals surface area contributed by atoms with Crippen LogP contribution in [0.1, 0.15) is 1.43 Å². The summed E-state index contributed by atoms with van der Waals surface area (Å²) < 4.78 is 27.7. The van der Waals surface area contributed by atoms with Crippen LogP contribution in [0.25, 0.3) is 10.8 Å². The van der Waals surface area contributed by atoms with E-state index in [1.807, 2.05) is 18.2 Å². The molecule has 3 nitrogen and oxygen atoms in total. The summed E-state index contributed by atoms with van der Waals surface area (Å²) in [5.41, 5.74) is 0. The normalized spacial score (nSPS) is 11.1. The van der Waals surface area contributed by atoms with E-state index in [0.29, 0.717) is 5.39 Å². The van der Waals surface area contributed by atoms with E-state index in [2.05, 4.69) is 4.18 Å². The van der Waals surface area contributed by atoms with Crippen molar-refractivity contribution in [2.75, 3.05) is 7.11 Å². The molecule has 80 valence electrons. The summed E-state index contributed by atoms with van der Waals surface area (Å²) in [5, 5.41) is 1.57. The molecule has 0 saturated carbocycles. The van der Waals surface area contributed by atoms with Gasteiger partial charge in [0.25, 0.3) is 10.1 Å². The van der Waals surface area contributed by atoms with Crippen molar-refractivity contribution in [3.8, 4) is 0 Å². The summed E-state index contributed by atoms with van der Waals surface area (Å²) in [5.74, 6) is 0. The van der Waals surface area contributed by atoms with E-state index in [1.165, 1.54) is 0 Å². The van der Waals surface area contributed by atoms with Gasteiger partial charge in [-0.15, -0.1) is 0 Å². The van der Waals surface area contributed by atoms with Crippen molar-refractivity contribution < 1.29 is 43.6 Å². The summed E-state index contributed by atoms with van der Waals surface area (Å²) in [4.78, 5) is 0.211. The molecular weight excluding hydrogens is 235 g/mol. The quantitative estimate of drug-likeness (QED) is 0.519. The molecule has 0 amide bonds. The number of rotatable bonds is 2. The van der Waals surface area contributed by atoms with Crippen LogP contribution in [0, 0.1) is 0 Å². The number of fused-ring (bicyclic) bond motifs is 1. The fourth-order valence-corrected chi connectivity index (χ4v) is 2.38. The molecule has 0 unspecified atom stereocenters. The third-order valence-electron chi connectivity index (χ3n) is 2.24. The van der Waals surface area contributed by atoms with Gasteiger partial charge in [0, 0.05) is 5.39 Å². The molecular formula is C11H11NaO3S. The maximum Gasteiger partial charge on any atom is 1.00 e. The van der Waals surface area contributed by atoms with E-state index in [1.54, 1.807) is 24.3 Å². The first-order chi connectivity index (χ1) is 7.15. The maximum absolute atomic E-state index is 11.6. The molecule has 0 aliphatic carbocycles. The number of benzene rings is 2. The van der Waals surface area contributed by atoms with Crippen LogP contribution in [-0.2, 0) is 14.3 Å². The molecule has 0 heterocycles. The fourth-order valence-electron chi connectivity index (χ4n) is 1.50. The summed E-state index contributed by atoms with van der Waals surface area (Å²) in [6, 6.07) is 12.4. The molecule has 2 aromatic carbocycles. The molecule has 0 saturated heterocycles. The monoisotopic (exact) mass is 246 g/mol. The molecule has 0 bridgehead atoms. The second kappa shape index (κ2) is 5.29. The topological polar surface area (TPSA) is 43.4 Å². The Kier molecular flexibility index (Phi) is 4.52. The molecule has 0 atom stereocenters. The molecule has 0 N–H and O–H groups in total. The second-order valence-corrected chi connectivity index (χ2v) is 4.78. The summed E-state index contributed by atoms with van der Waals surface area (Å²) >= 11 is 0. The van der Waals surface area contributed by atoms with Crippen LogP contribution < -0.4 is 29.6 Å². The standard InChI is InChI=1S/C11H10O3S.Na.H/c1-14-15(12,13)11-8-4-6-9-5-2-3-7-10(9)11;;/h2-8H,1H3;;/q;+1;-1. The van der Waals surface area contributed by atoms with Gasteiger partial charge in [-0.2, -0.15) is 8.42 Å². The average Bonchev–Trinajstić information content (AvgIpc) is 2.28. The van der Waals surface area contributed by atoms with Gasteiger partial charge in [0.05, 0.1) is 7.11 Å². The second-order valence-electron chi connectivity index (χ2n) is 3.10. The van der Waals surface area contributed by atoms with Gasteiger partial charge in [-0.05, 0) is 11.5 Å². The van der Waals surface area contributed by atoms with E-state index in [-0.39, 0.29) is 35.9 Å². The predicted octanol–water partition coefficient (Wildman–Crippen LogP) is -0.709. The summed E-state index contributed by atoms with van der Waals surface area (Å²) in [7, 11) is -2.46. The molecule has 2 aromatic rings. The molecule has 0 radical (unpaired) electrons. The Hall–Kier alpha value is -0.390. The summed E-state index contributed by atoms with van der Waals surface area (Å²) in [6.45, 7) is 0. The van der Waals surface area contributed by atoms with Gasteiger partial charge in [-0.3, -0.25) is 4.18 Å². The SMILES string of the molecule is COS(=O)(=O)c1cccc2ccccc12.[H-].[Na+]. The van der Waals surface area contributed by atoms with Crippen LogP contribution in [0.4, 0.5) is 0 Å². The molecule has 0 aromatic heterocycles.